The van der Waals surface area contributed by atoms with Crippen molar-refractivity contribution in [3.8, 4) is 5.75 Å². The van der Waals surface area contributed by atoms with E-state index in [2.05, 4.69) is 6.92 Å². The predicted octanol–water partition coefficient (Wildman–Crippen LogP) is 3.62. The van der Waals surface area contributed by atoms with Crippen molar-refractivity contribution in [2.75, 3.05) is 6.61 Å². The highest BCUT2D eigenvalue weighted by Gasteiger charge is 2.24. The molecule has 19 heavy (non-hydrogen) atoms. The van der Waals surface area contributed by atoms with E-state index in [-0.39, 0.29) is 11.9 Å². The molecule has 0 aliphatic heterocycles. The average Bonchev–Trinajstić information content (AvgIpc) is 3.22. The van der Waals surface area contributed by atoms with Gasteiger partial charge in [0, 0.05) is 12.2 Å². The lowest BCUT2D eigenvalue weighted by Crippen LogP contribution is -2.24. The minimum atomic E-state index is -0.328. The van der Waals surface area contributed by atoms with E-state index in [0.717, 1.165) is 31.4 Å². The minimum Gasteiger partial charge on any atom is -0.490 e. The van der Waals surface area contributed by atoms with E-state index < -0.39 is 0 Å². The summed E-state index contributed by atoms with van der Waals surface area (Å²) in [5.41, 5.74) is 0.685. The first-order valence-corrected chi connectivity index (χ1v) is 7.17. The van der Waals surface area contributed by atoms with Crippen LogP contribution in [0, 0.1) is 0 Å². The molecule has 1 aliphatic rings. The first-order valence-electron chi connectivity index (χ1n) is 7.17. The summed E-state index contributed by atoms with van der Waals surface area (Å²) >= 11 is 0. The van der Waals surface area contributed by atoms with Crippen LogP contribution in [0.1, 0.15) is 49.9 Å². The van der Waals surface area contributed by atoms with E-state index in [0.29, 0.717) is 18.3 Å². The quantitative estimate of drug-likeness (QED) is 0.671. The number of carbonyl (C=O) groups excluding carboxylic acids is 1. The van der Waals surface area contributed by atoms with Gasteiger partial charge in [0.2, 0.25) is 0 Å². The Hall–Kier alpha value is -1.35. The molecule has 0 radical (unpaired) electrons. The zero-order chi connectivity index (χ0) is 13.7. The zero-order valence-corrected chi connectivity index (χ0v) is 11.7. The van der Waals surface area contributed by atoms with E-state index >= 15 is 0 Å². The van der Waals surface area contributed by atoms with Gasteiger partial charge in [-0.25, -0.2) is 0 Å². The molecule has 2 rings (SSSR count). The summed E-state index contributed by atoms with van der Waals surface area (Å²) in [6.07, 6.45) is 3.97. The van der Waals surface area contributed by atoms with Gasteiger partial charge in [-0.05, 0) is 38.3 Å². The Bertz CT molecular complexity index is 418. The molecule has 3 nitrogen and oxygen atoms in total. The maximum absolute atomic E-state index is 12.4. The second kappa shape index (κ2) is 6.71. The van der Waals surface area contributed by atoms with Crippen molar-refractivity contribution < 1.29 is 14.3 Å². The molecular weight excluding hydrogens is 240 g/mol. The molecule has 0 N–H and O–H groups in total. The van der Waals surface area contributed by atoms with Gasteiger partial charge < -0.3 is 9.47 Å². The number of hydrogen-bond donors (Lipinski definition) is 0. The van der Waals surface area contributed by atoms with Crippen LogP contribution in [-0.4, -0.2) is 24.6 Å². The van der Waals surface area contributed by atoms with Gasteiger partial charge in [-0.2, -0.15) is 0 Å². The van der Waals surface area contributed by atoms with Gasteiger partial charge >= 0.3 is 0 Å². The second-order valence-corrected chi connectivity index (χ2v) is 4.94. The predicted molar refractivity (Wildman–Crippen MR) is 74.7 cm³/mol. The normalized spacial score (nSPS) is 16.1. The Morgan fingerprint density at radius 2 is 2.16 bits per heavy atom. The standard InChI is InChI=1S/C16H22O3/c1-3-6-15(18-4-2)16(17)12-7-5-8-14(11-12)19-13-9-10-13/h5,7-8,11,13,15H,3-4,6,9-10H2,1-2H3. The highest BCUT2D eigenvalue weighted by Crippen LogP contribution is 2.27. The highest BCUT2D eigenvalue weighted by molar-refractivity contribution is 5.99. The summed E-state index contributed by atoms with van der Waals surface area (Å²) in [5, 5.41) is 0. The number of hydrogen-bond acceptors (Lipinski definition) is 3. The number of ether oxygens (including phenoxy) is 2. The maximum atomic E-state index is 12.4. The lowest BCUT2D eigenvalue weighted by Gasteiger charge is -2.15. The van der Waals surface area contributed by atoms with E-state index in [9.17, 15) is 4.79 Å². The van der Waals surface area contributed by atoms with Crippen LogP contribution >= 0.6 is 0 Å². The first-order chi connectivity index (χ1) is 9.24. The molecule has 1 aromatic rings. The lowest BCUT2D eigenvalue weighted by atomic mass is 10.0. The van der Waals surface area contributed by atoms with Gasteiger partial charge in [0.15, 0.2) is 5.78 Å². The fourth-order valence-electron chi connectivity index (χ4n) is 2.04. The fourth-order valence-corrected chi connectivity index (χ4v) is 2.04. The first kappa shape index (κ1) is 14.1. The Morgan fingerprint density at radius 1 is 1.37 bits per heavy atom. The largest absolute Gasteiger partial charge is 0.490 e. The van der Waals surface area contributed by atoms with Crippen molar-refractivity contribution in [2.45, 2.75) is 51.7 Å². The van der Waals surface area contributed by atoms with E-state index in [1.54, 1.807) is 0 Å². The topological polar surface area (TPSA) is 35.5 Å². The third-order valence-electron chi connectivity index (χ3n) is 3.16. The number of ketones is 1. The van der Waals surface area contributed by atoms with E-state index in [4.69, 9.17) is 9.47 Å². The van der Waals surface area contributed by atoms with Crippen molar-refractivity contribution in [1.82, 2.24) is 0 Å². The van der Waals surface area contributed by atoms with Gasteiger partial charge in [-0.15, -0.1) is 0 Å². The molecule has 0 bridgehead atoms. The van der Waals surface area contributed by atoms with Gasteiger partial charge in [-0.3, -0.25) is 4.79 Å². The molecule has 1 aromatic carbocycles. The van der Waals surface area contributed by atoms with E-state index in [1.807, 2.05) is 31.2 Å². The molecule has 0 amide bonds. The third kappa shape index (κ3) is 4.06. The summed E-state index contributed by atoms with van der Waals surface area (Å²) in [4.78, 5) is 12.4. The third-order valence-corrected chi connectivity index (χ3v) is 3.16. The monoisotopic (exact) mass is 262 g/mol. The Kier molecular flexibility index (Phi) is 4.97. The molecule has 1 saturated carbocycles. The molecule has 0 saturated heterocycles. The number of benzene rings is 1. The molecule has 104 valence electrons. The Balaban J connectivity index is 2.07. The van der Waals surface area contributed by atoms with Crippen LogP contribution in [0.25, 0.3) is 0 Å². The van der Waals surface area contributed by atoms with Crippen LogP contribution in [0.4, 0.5) is 0 Å². The van der Waals surface area contributed by atoms with Crippen LogP contribution < -0.4 is 4.74 Å². The molecular formula is C16H22O3. The summed E-state index contributed by atoms with van der Waals surface area (Å²) in [7, 11) is 0. The van der Waals surface area contributed by atoms with Crippen molar-refractivity contribution >= 4 is 5.78 Å². The molecule has 1 atom stereocenters. The summed E-state index contributed by atoms with van der Waals surface area (Å²) in [5.74, 6) is 0.852. The lowest BCUT2D eigenvalue weighted by molar-refractivity contribution is 0.0423. The maximum Gasteiger partial charge on any atom is 0.191 e. The fraction of sp³-hybridized carbons (Fsp3) is 0.562. The van der Waals surface area contributed by atoms with Crippen molar-refractivity contribution in [2.24, 2.45) is 0 Å². The Labute approximate surface area is 114 Å². The summed E-state index contributed by atoms with van der Waals surface area (Å²) in [6.45, 7) is 4.54. The Morgan fingerprint density at radius 3 is 2.79 bits per heavy atom. The van der Waals surface area contributed by atoms with Gasteiger partial charge in [0.1, 0.15) is 11.9 Å². The van der Waals surface area contributed by atoms with Crippen LogP contribution in [0.3, 0.4) is 0 Å². The van der Waals surface area contributed by atoms with Gasteiger partial charge in [0.05, 0.1) is 6.10 Å². The van der Waals surface area contributed by atoms with Crippen LogP contribution in [0.5, 0.6) is 5.75 Å². The zero-order valence-electron chi connectivity index (χ0n) is 11.7. The number of Topliss-reactive ketones (excluding diaryl/α,β-unsaturated/α-hetero) is 1. The van der Waals surface area contributed by atoms with Crippen molar-refractivity contribution in [3.63, 3.8) is 0 Å². The molecule has 1 fully saturated rings. The summed E-state index contributed by atoms with van der Waals surface area (Å²) in [6, 6.07) is 7.45. The molecule has 0 aromatic heterocycles. The van der Waals surface area contributed by atoms with Crippen molar-refractivity contribution in [1.29, 1.82) is 0 Å². The van der Waals surface area contributed by atoms with Crippen LogP contribution in [0.2, 0.25) is 0 Å². The van der Waals surface area contributed by atoms with Crippen LogP contribution in [-0.2, 0) is 4.74 Å². The average molecular weight is 262 g/mol. The number of carbonyl (C=O) groups is 1. The molecule has 0 spiro atoms. The summed E-state index contributed by atoms with van der Waals surface area (Å²) < 4.78 is 11.3. The minimum absolute atomic E-state index is 0.0601. The van der Waals surface area contributed by atoms with Gasteiger partial charge in [-0.1, -0.05) is 25.5 Å². The SMILES string of the molecule is CCCC(OCC)C(=O)c1cccc(OC2CC2)c1. The molecule has 1 unspecified atom stereocenters. The molecule has 0 heterocycles. The smallest absolute Gasteiger partial charge is 0.191 e. The van der Waals surface area contributed by atoms with Gasteiger partial charge in [0.25, 0.3) is 0 Å². The van der Waals surface area contributed by atoms with Crippen molar-refractivity contribution in [3.05, 3.63) is 29.8 Å². The second-order valence-electron chi connectivity index (χ2n) is 4.94. The highest BCUT2D eigenvalue weighted by atomic mass is 16.5. The molecule has 3 heteroatoms. The van der Waals surface area contributed by atoms with Crippen LogP contribution in [0.15, 0.2) is 24.3 Å². The molecule has 1 aliphatic carbocycles. The van der Waals surface area contributed by atoms with E-state index in [1.165, 1.54) is 0 Å². The number of rotatable bonds is 8.